The van der Waals surface area contributed by atoms with Crippen LogP contribution < -0.4 is 10.2 Å². The Morgan fingerprint density at radius 3 is 1.31 bits per heavy atom. The number of carbonyl (C=O) groups is 1. The maximum Gasteiger partial charge on any atom is 0.268 e. The lowest BCUT2D eigenvalue weighted by molar-refractivity contribution is -0.870. The molecular weight excluding hydrogens is 852 g/mol. The minimum atomic E-state index is -4.61. The average Bonchev–Trinajstić information content (AvgIpc) is 3.29. The summed E-state index contributed by atoms with van der Waals surface area (Å²) in [6, 6.07) is -0.921. The maximum atomic E-state index is 12.9. The van der Waals surface area contributed by atoms with Crippen molar-refractivity contribution in [3.63, 3.8) is 0 Å². The smallest absolute Gasteiger partial charge is 0.268 e. The van der Waals surface area contributed by atoms with Crippen molar-refractivity contribution in [1.82, 2.24) is 5.32 Å². The fraction of sp³-hybridized carbons (Fsp3) is 0.776. The fourth-order valence-electron chi connectivity index (χ4n) is 7.84. The predicted octanol–water partition coefficient (Wildman–Crippen LogP) is 16.1. The molecule has 3 unspecified atom stereocenters. The first-order chi connectivity index (χ1) is 32.5. The summed E-state index contributed by atoms with van der Waals surface area (Å²) in [5.41, 5.74) is 0. The van der Waals surface area contributed by atoms with Gasteiger partial charge in [0.1, 0.15) is 13.2 Å². The van der Waals surface area contributed by atoms with E-state index in [0.29, 0.717) is 17.4 Å². The van der Waals surface area contributed by atoms with Crippen molar-refractivity contribution < 1.29 is 32.9 Å². The van der Waals surface area contributed by atoms with Gasteiger partial charge < -0.3 is 28.8 Å². The first-order valence-electron chi connectivity index (χ1n) is 27.8. The molecule has 0 spiro atoms. The molecule has 3 atom stereocenters. The number of nitrogens with one attached hydrogen (secondary N) is 1. The van der Waals surface area contributed by atoms with Gasteiger partial charge in [-0.1, -0.05) is 247 Å². The van der Waals surface area contributed by atoms with Crippen molar-refractivity contribution >= 4 is 13.7 Å². The molecule has 0 saturated heterocycles. The van der Waals surface area contributed by atoms with E-state index in [4.69, 9.17) is 9.05 Å². The number of unbranched alkanes of at least 4 members (excludes halogenated alkanes) is 27. The zero-order valence-electron chi connectivity index (χ0n) is 44.3. The lowest BCUT2D eigenvalue weighted by atomic mass is 10.0. The number of rotatable bonds is 50. The van der Waals surface area contributed by atoms with E-state index in [1.165, 1.54) is 154 Å². The van der Waals surface area contributed by atoms with Crippen molar-refractivity contribution in [2.24, 2.45) is 0 Å². The van der Waals surface area contributed by atoms with Gasteiger partial charge in [0, 0.05) is 6.42 Å². The quantitative estimate of drug-likeness (QED) is 0.0272. The second-order valence-corrected chi connectivity index (χ2v) is 21.3. The number of aliphatic hydroxyl groups is 1. The maximum absolute atomic E-state index is 12.9. The van der Waals surface area contributed by atoms with E-state index in [1.807, 2.05) is 27.2 Å². The van der Waals surface area contributed by atoms with Gasteiger partial charge in [-0.15, -0.1) is 0 Å². The van der Waals surface area contributed by atoms with Crippen LogP contribution >= 0.6 is 7.82 Å². The summed E-state index contributed by atoms with van der Waals surface area (Å²) in [7, 11) is 1.22. The minimum Gasteiger partial charge on any atom is -0.756 e. The summed E-state index contributed by atoms with van der Waals surface area (Å²) in [6.45, 7) is 4.50. The summed E-state index contributed by atoms with van der Waals surface area (Å²) in [5, 5.41) is 13.8. The summed E-state index contributed by atoms with van der Waals surface area (Å²) >= 11 is 0. The highest BCUT2D eigenvalue weighted by Gasteiger charge is 2.23. The largest absolute Gasteiger partial charge is 0.756 e. The zero-order valence-corrected chi connectivity index (χ0v) is 45.2. The first-order valence-corrected chi connectivity index (χ1v) is 29.3. The second kappa shape index (κ2) is 48.9. The minimum absolute atomic E-state index is 0.0147. The molecule has 0 heterocycles. The summed E-state index contributed by atoms with van der Waals surface area (Å²) < 4.78 is 23.3. The summed E-state index contributed by atoms with van der Waals surface area (Å²) in [6.07, 6.45) is 67.1. The molecule has 0 radical (unpaired) electrons. The monoisotopic (exact) mass is 959 g/mol. The van der Waals surface area contributed by atoms with Gasteiger partial charge in [-0.2, -0.15) is 0 Å². The van der Waals surface area contributed by atoms with Crippen LogP contribution in [0.3, 0.4) is 0 Å². The number of nitrogens with zero attached hydrogens (tertiary/aromatic N) is 1. The SMILES string of the molecule is CC/C=C\C/C=C\C/C=C\C/C=C\C/C=C\CCCC(=O)NC(COP(=O)([O-])OCC[N+](C)(C)C)C(O)/C=C/CCCCCCCCCCCCCCCCCCCCCCCCCCCC. The van der Waals surface area contributed by atoms with E-state index in [2.05, 4.69) is 79.9 Å². The Labute approximate surface area is 414 Å². The van der Waals surface area contributed by atoms with Crippen LogP contribution in [0.2, 0.25) is 0 Å². The highest BCUT2D eigenvalue weighted by atomic mass is 31.2. The molecule has 2 N–H and O–H groups in total. The molecule has 0 aliphatic rings. The second-order valence-electron chi connectivity index (χ2n) is 19.9. The normalized spacial score (nSPS) is 14.6. The van der Waals surface area contributed by atoms with Gasteiger partial charge >= 0.3 is 0 Å². The standard InChI is InChI=1S/C58H107N2O6P/c1-6-8-10-12-14-16-18-20-22-24-25-26-27-28-29-30-31-32-33-34-36-37-39-41-43-45-47-49-51-57(61)56(55-66-67(63,64)65-54-53-60(3,4)5)59-58(62)52-50-48-46-44-42-40-38-35-23-21-19-17-15-13-11-9-7-2/h9,11,15,17,21,23,38,40,44,46,49,51,56-57,61H,6-8,10,12-14,16,18-20,22,24-37,39,41-43,45,47-48,50,52-55H2,1-5H3,(H-,59,62,63,64)/b11-9-,17-15-,23-21-,40-38-,46-44-,51-49+. The first kappa shape index (κ1) is 64.9. The Kier molecular flexibility index (Phi) is 47.4. The number of likely N-dealkylation sites (N-methyl/N-ethyl adjacent to an activating group) is 1. The molecule has 0 fully saturated rings. The zero-order chi connectivity index (χ0) is 49.2. The molecule has 0 aliphatic carbocycles. The Balaban J connectivity index is 4.25. The van der Waals surface area contributed by atoms with Crippen LogP contribution in [0.4, 0.5) is 0 Å². The van der Waals surface area contributed by atoms with Gasteiger partial charge in [0.25, 0.3) is 7.82 Å². The molecule has 9 heteroatoms. The molecule has 0 rings (SSSR count). The number of aliphatic hydroxyl groups excluding tert-OH is 1. The highest BCUT2D eigenvalue weighted by molar-refractivity contribution is 7.45. The molecule has 0 aliphatic heterocycles. The molecule has 0 bridgehead atoms. The van der Waals surface area contributed by atoms with Crippen LogP contribution in [0, 0.1) is 0 Å². The van der Waals surface area contributed by atoms with Crippen LogP contribution in [0.1, 0.15) is 239 Å². The van der Waals surface area contributed by atoms with Gasteiger partial charge in [0.05, 0.1) is 39.9 Å². The van der Waals surface area contributed by atoms with Crippen LogP contribution in [-0.2, 0) is 18.4 Å². The van der Waals surface area contributed by atoms with Crippen molar-refractivity contribution in [3.05, 3.63) is 72.9 Å². The number of hydrogen-bond donors (Lipinski definition) is 2. The number of phosphoric acid groups is 1. The lowest BCUT2D eigenvalue weighted by Gasteiger charge is -2.29. The third kappa shape index (κ3) is 51.6. The Hall–Kier alpha value is -2.06. The number of amides is 1. The van der Waals surface area contributed by atoms with Crippen LogP contribution in [0.15, 0.2) is 72.9 Å². The summed E-state index contributed by atoms with van der Waals surface area (Å²) in [4.78, 5) is 25.4. The van der Waals surface area contributed by atoms with E-state index >= 15 is 0 Å². The van der Waals surface area contributed by atoms with E-state index in [-0.39, 0.29) is 18.9 Å². The Morgan fingerprint density at radius 1 is 0.537 bits per heavy atom. The number of phosphoric ester groups is 1. The number of quaternary nitrogens is 1. The Morgan fingerprint density at radius 2 is 0.910 bits per heavy atom. The number of allylic oxidation sites excluding steroid dienone is 11. The molecule has 390 valence electrons. The van der Waals surface area contributed by atoms with E-state index in [1.54, 1.807) is 6.08 Å². The third-order valence-electron chi connectivity index (χ3n) is 12.2. The van der Waals surface area contributed by atoms with Crippen molar-refractivity contribution in [2.75, 3.05) is 40.9 Å². The lowest BCUT2D eigenvalue weighted by Crippen LogP contribution is -2.45. The molecule has 0 aromatic rings. The van der Waals surface area contributed by atoms with Crippen LogP contribution in [0.25, 0.3) is 0 Å². The molecule has 8 nitrogen and oxygen atoms in total. The summed E-state index contributed by atoms with van der Waals surface area (Å²) in [5.74, 6) is -0.254. The third-order valence-corrected chi connectivity index (χ3v) is 13.1. The average molecular weight is 959 g/mol. The van der Waals surface area contributed by atoms with Crippen molar-refractivity contribution in [3.8, 4) is 0 Å². The molecular formula is C58H107N2O6P. The van der Waals surface area contributed by atoms with Crippen molar-refractivity contribution in [1.29, 1.82) is 0 Å². The Bertz CT molecular complexity index is 1320. The van der Waals surface area contributed by atoms with Gasteiger partial charge in [0.15, 0.2) is 0 Å². The predicted molar refractivity (Wildman–Crippen MR) is 288 cm³/mol. The number of carbonyl (C=O) groups excluding carboxylic acids is 1. The topological polar surface area (TPSA) is 108 Å². The van der Waals surface area contributed by atoms with E-state index in [9.17, 15) is 19.4 Å². The fourth-order valence-corrected chi connectivity index (χ4v) is 8.56. The highest BCUT2D eigenvalue weighted by Crippen LogP contribution is 2.38. The van der Waals surface area contributed by atoms with Gasteiger partial charge in [0.2, 0.25) is 5.91 Å². The molecule has 1 amide bonds. The van der Waals surface area contributed by atoms with E-state index in [0.717, 1.165) is 57.8 Å². The van der Waals surface area contributed by atoms with Gasteiger partial charge in [-0.25, -0.2) is 0 Å². The van der Waals surface area contributed by atoms with E-state index < -0.39 is 26.6 Å². The molecule has 0 saturated carbocycles. The van der Waals surface area contributed by atoms with Gasteiger partial charge in [-0.05, 0) is 57.8 Å². The van der Waals surface area contributed by atoms with Crippen LogP contribution in [-0.4, -0.2) is 68.5 Å². The number of hydrogen-bond acceptors (Lipinski definition) is 6. The molecule has 67 heavy (non-hydrogen) atoms. The van der Waals surface area contributed by atoms with Crippen molar-refractivity contribution in [2.45, 2.75) is 251 Å². The van der Waals surface area contributed by atoms with Crippen LogP contribution in [0.5, 0.6) is 0 Å². The van der Waals surface area contributed by atoms with Gasteiger partial charge in [-0.3, -0.25) is 9.36 Å². The molecule has 0 aromatic heterocycles. The molecule has 0 aromatic carbocycles.